The number of hydrogen-bond donors (Lipinski definition) is 1. The monoisotopic (exact) mass is 470 g/mol. The zero-order valence-corrected chi connectivity index (χ0v) is 19.9. The van der Waals surface area contributed by atoms with Crippen LogP contribution in [0.5, 0.6) is 5.75 Å². The van der Waals surface area contributed by atoms with E-state index in [0.717, 1.165) is 25.7 Å². The molecule has 1 N–H and O–H groups in total. The van der Waals surface area contributed by atoms with Crippen LogP contribution < -0.4 is 4.74 Å². The highest BCUT2D eigenvalue weighted by atomic mass is 19.1. The van der Waals surface area contributed by atoms with Crippen molar-refractivity contribution in [2.75, 3.05) is 46.5 Å². The summed E-state index contributed by atoms with van der Waals surface area (Å²) in [5.41, 5.74) is 0.121. The number of β-amino-alcohol motifs (C(OH)–C–C–N with tert-alkyl or cyclic N) is 1. The fourth-order valence-corrected chi connectivity index (χ4v) is 5.30. The number of rotatable bonds is 7. The highest BCUT2D eigenvalue weighted by molar-refractivity contribution is 5.77. The van der Waals surface area contributed by atoms with Gasteiger partial charge in [0.2, 0.25) is 5.91 Å². The van der Waals surface area contributed by atoms with E-state index in [1.165, 1.54) is 24.8 Å². The van der Waals surface area contributed by atoms with E-state index >= 15 is 0 Å². The molecule has 184 valence electrons. The van der Waals surface area contributed by atoms with Crippen molar-refractivity contribution in [2.45, 2.75) is 43.2 Å². The van der Waals surface area contributed by atoms with Crippen LogP contribution in [0.1, 0.15) is 37.2 Å². The molecule has 1 saturated carbocycles. The summed E-state index contributed by atoms with van der Waals surface area (Å²) in [6.45, 7) is 1.73. The van der Waals surface area contributed by atoms with E-state index in [-0.39, 0.29) is 31.5 Å². The first-order valence-corrected chi connectivity index (χ1v) is 12.1. The second kappa shape index (κ2) is 11.3. The summed E-state index contributed by atoms with van der Waals surface area (Å²) in [6, 6.07) is 16.9. The van der Waals surface area contributed by atoms with Gasteiger partial charge in [-0.1, -0.05) is 36.4 Å². The van der Waals surface area contributed by atoms with E-state index < -0.39 is 5.60 Å². The van der Waals surface area contributed by atoms with Gasteiger partial charge in [-0.15, -0.1) is 0 Å². The SMILES string of the molecule is COCC(=O)N1CCN(C2CCC(c3ccccc3)CC2)CC(O)(COc2cccc(F)c2)C1. The number of methoxy groups -OCH3 is 1. The summed E-state index contributed by atoms with van der Waals surface area (Å²) >= 11 is 0. The minimum atomic E-state index is -1.28. The highest BCUT2D eigenvalue weighted by Crippen LogP contribution is 2.35. The lowest BCUT2D eigenvalue weighted by Gasteiger charge is -2.39. The second-order valence-electron chi connectivity index (χ2n) is 9.61. The predicted octanol–water partition coefficient (Wildman–Crippen LogP) is 3.45. The minimum absolute atomic E-state index is 0.0247. The lowest BCUT2D eigenvalue weighted by Crippen LogP contribution is -2.54. The molecule has 1 amide bonds. The molecule has 2 aromatic carbocycles. The molecular weight excluding hydrogens is 435 g/mol. The molecule has 0 radical (unpaired) electrons. The third-order valence-electron chi connectivity index (χ3n) is 7.05. The quantitative estimate of drug-likeness (QED) is 0.672. The number of amides is 1. The van der Waals surface area contributed by atoms with Crippen molar-refractivity contribution in [3.63, 3.8) is 0 Å². The maximum atomic E-state index is 13.6. The van der Waals surface area contributed by atoms with Gasteiger partial charge in [0.15, 0.2) is 0 Å². The Bertz CT molecular complexity index is 935. The fourth-order valence-electron chi connectivity index (χ4n) is 5.30. The van der Waals surface area contributed by atoms with Gasteiger partial charge in [-0.3, -0.25) is 9.69 Å². The first-order valence-electron chi connectivity index (χ1n) is 12.1. The summed E-state index contributed by atoms with van der Waals surface area (Å²) in [6.07, 6.45) is 4.31. The Morgan fingerprint density at radius 3 is 2.53 bits per heavy atom. The molecule has 1 atom stereocenters. The van der Waals surface area contributed by atoms with Crippen LogP contribution in [0.4, 0.5) is 4.39 Å². The summed E-state index contributed by atoms with van der Waals surface area (Å²) in [5.74, 6) is 0.391. The summed E-state index contributed by atoms with van der Waals surface area (Å²) < 4.78 is 24.4. The van der Waals surface area contributed by atoms with Gasteiger partial charge in [0.1, 0.15) is 30.4 Å². The summed E-state index contributed by atoms with van der Waals surface area (Å²) in [5, 5.41) is 11.6. The number of aliphatic hydroxyl groups is 1. The predicted molar refractivity (Wildman–Crippen MR) is 128 cm³/mol. The standard InChI is InChI=1S/C27H35FN2O4/c1-33-17-26(31)30-15-14-29(24-12-10-22(11-13-24)21-6-3-2-4-7-21)18-27(32,19-30)20-34-25-9-5-8-23(28)16-25/h2-9,16,22,24,32H,10-15,17-20H2,1H3. The first kappa shape index (κ1) is 24.6. The van der Waals surface area contributed by atoms with E-state index in [1.54, 1.807) is 17.0 Å². The third kappa shape index (κ3) is 6.34. The molecule has 0 spiro atoms. The number of nitrogens with zero attached hydrogens (tertiary/aromatic N) is 2. The molecule has 2 aliphatic rings. The van der Waals surface area contributed by atoms with Crippen molar-refractivity contribution in [1.29, 1.82) is 0 Å². The highest BCUT2D eigenvalue weighted by Gasteiger charge is 2.40. The molecule has 0 bridgehead atoms. The van der Waals surface area contributed by atoms with Crippen LogP contribution in [0.2, 0.25) is 0 Å². The number of carbonyl (C=O) groups is 1. The molecule has 2 fully saturated rings. The number of benzene rings is 2. The Balaban J connectivity index is 1.44. The van der Waals surface area contributed by atoms with Crippen molar-refractivity contribution in [3.8, 4) is 5.75 Å². The van der Waals surface area contributed by atoms with Gasteiger partial charge in [0.25, 0.3) is 0 Å². The third-order valence-corrected chi connectivity index (χ3v) is 7.05. The Morgan fingerprint density at radius 1 is 1.06 bits per heavy atom. The van der Waals surface area contributed by atoms with Crippen LogP contribution in [0.3, 0.4) is 0 Å². The summed E-state index contributed by atoms with van der Waals surface area (Å²) in [7, 11) is 1.49. The van der Waals surface area contributed by atoms with Crippen LogP contribution in [0, 0.1) is 5.82 Å². The molecule has 1 unspecified atom stereocenters. The Hall–Kier alpha value is -2.48. The fraction of sp³-hybridized carbons (Fsp3) is 0.519. The molecule has 34 heavy (non-hydrogen) atoms. The Kier molecular flexibility index (Phi) is 8.19. The molecule has 0 aromatic heterocycles. The van der Waals surface area contributed by atoms with Gasteiger partial charge in [-0.25, -0.2) is 4.39 Å². The van der Waals surface area contributed by atoms with Crippen LogP contribution in [-0.2, 0) is 9.53 Å². The van der Waals surface area contributed by atoms with Gasteiger partial charge in [0.05, 0.1) is 6.54 Å². The molecule has 1 saturated heterocycles. The smallest absolute Gasteiger partial charge is 0.248 e. The van der Waals surface area contributed by atoms with Gasteiger partial charge in [-0.2, -0.15) is 0 Å². The normalized spacial score (nSPS) is 26.1. The second-order valence-corrected chi connectivity index (χ2v) is 9.61. The van der Waals surface area contributed by atoms with E-state index in [0.29, 0.717) is 37.3 Å². The van der Waals surface area contributed by atoms with E-state index in [1.807, 2.05) is 0 Å². The largest absolute Gasteiger partial charge is 0.490 e. The topological polar surface area (TPSA) is 62.2 Å². The molecule has 6 nitrogen and oxygen atoms in total. The van der Waals surface area contributed by atoms with Crippen LogP contribution in [-0.4, -0.2) is 79.0 Å². The average molecular weight is 471 g/mol. The zero-order valence-electron chi connectivity index (χ0n) is 19.9. The molecule has 1 heterocycles. The molecular formula is C27H35FN2O4. The van der Waals surface area contributed by atoms with E-state index in [2.05, 4.69) is 35.2 Å². The first-order chi connectivity index (χ1) is 16.5. The van der Waals surface area contributed by atoms with Crippen molar-refractivity contribution in [1.82, 2.24) is 9.80 Å². The Labute approximate surface area is 201 Å². The van der Waals surface area contributed by atoms with Crippen LogP contribution in [0.25, 0.3) is 0 Å². The molecule has 7 heteroatoms. The van der Waals surface area contributed by atoms with E-state index in [9.17, 15) is 14.3 Å². The van der Waals surface area contributed by atoms with Gasteiger partial charge < -0.3 is 19.5 Å². The van der Waals surface area contributed by atoms with Crippen LogP contribution >= 0.6 is 0 Å². The van der Waals surface area contributed by atoms with Gasteiger partial charge in [0, 0.05) is 38.9 Å². The van der Waals surface area contributed by atoms with E-state index in [4.69, 9.17) is 9.47 Å². The van der Waals surface area contributed by atoms with Crippen LogP contribution in [0.15, 0.2) is 54.6 Å². The minimum Gasteiger partial charge on any atom is -0.490 e. The molecule has 1 aliphatic heterocycles. The zero-order chi connectivity index (χ0) is 24.0. The molecule has 1 aliphatic carbocycles. The molecule has 4 rings (SSSR count). The summed E-state index contributed by atoms with van der Waals surface area (Å²) in [4.78, 5) is 16.6. The van der Waals surface area contributed by atoms with Crippen molar-refractivity contribution in [3.05, 3.63) is 66.0 Å². The lowest BCUT2D eigenvalue weighted by atomic mass is 9.81. The average Bonchev–Trinajstić information content (AvgIpc) is 3.03. The number of halogens is 1. The Morgan fingerprint density at radius 2 is 1.82 bits per heavy atom. The number of carbonyl (C=O) groups excluding carboxylic acids is 1. The van der Waals surface area contributed by atoms with Gasteiger partial charge >= 0.3 is 0 Å². The number of ether oxygens (including phenoxy) is 2. The van der Waals surface area contributed by atoms with Crippen molar-refractivity contribution < 1.29 is 23.8 Å². The number of hydrogen-bond acceptors (Lipinski definition) is 5. The van der Waals surface area contributed by atoms with Crippen molar-refractivity contribution in [2.24, 2.45) is 0 Å². The molecule has 2 aromatic rings. The maximum absolute atomic E-state index is 13.6. The lowest BCUT2D eigenvalue weighted by molar-refractivity contribution is -0.138. The van der Waals surface area contributed by atoms with Gasteiger partial charge in [-0.05, 0) is 49.3 Å². The maximum Gasteiger partial charge on any atom is 0.248 e. The van der Waals surface area contributed by atoms with Crippen molar-refractivity contribution >= 4 is 5.91 Å².